The van der Waals surface area contributed by atoms with E-state index in [1.54, 1.807) is 17.0 Å². The molecule has 20 heavy (non-hydrogen) atoms. The summed E-state index contributed by atoms with van der Waals surface area (Å²) in [6.45, 7) is 5.27. The van der Waals surface area contributed by atoms with E-state index in [-0.39, 0.29) is 22.8 Å². The monoisotopic (exact) mass is 315 g/mol. The van der Waals surface area contributed by atoms with Gasteiger partial charge < -0.3 is 9.80 Å². The van der Waals surface area contributed by atoms with Crippen molar-refractivity contribution in [3.05, 3.63) is 28.0 Å². The number of carbonyl (C=O) groups excluding carboxylic acids is 1. The molecule has 0 aliphatic carbocycles. The third-order valence-corrected chi connectivity index (χ3v) is 4.40. The Bertz CT molecular complexity index is 487. The first kappa shape index (κ1) is 15.5. The number of halogens is 2. The van der Waals surface area contributed by atoms with E-state index in [4.69, 9.17) is 23.2 Å². The minimum absolute atomic E-state index is 0.160. The zero-order valence-electron chi connectivity index (χ0n) is 11.8. The van der Waals surface area contributed by atoms with Gasteiger partial charge in [-0.1, -0.05) is 30.1 Å². The largest absolute Gasteiger partial charge is 0.337 e. The van der Waals surface area contributed by atoms with Gasteiger partial charge in [0.05, 0.1) is 5.02 Å². The molecule has 0 aromatic carbocycles. The van der Waals surface area contributed by atoms with Crippen LogP contribution in [0.1, 0.15) is 30.3 Å². The summed E-state index contributed by atoms with van der Waals surface area (Å²) in [5.74, 6) is -0.160. The topological polar surface area (TPSA) is 36.4 Å². The van der Waals surface area contributed by atoms with E-state index < -0.39 is 0 Å². The molecule has 6 heteroatoms. The number of likely N-dealkylation sites (tertiary alicyclic amines) is 1. The van der Waals surface area contributed by atoms with Crippen molar-refractivity contribution in [2.45, 2.75) is 25.8 Å². The molecule has 0 spiro atoms. The Kier molecular flexibility index (Phi) is 5.24. The molecule has 0 atom stereocenters. The van der Waals surface area contributed by atoms with Crippen LogP contribution in [0.3, 0.4) is 0 Å². The quantitative estimate of drug-likeness (QED) is 0.805. The van der Waals surface area contributed by atoms with Crippen molar-refractivity contribution in [3.8, 4) is 0 Å². The van der Waals surface area contributed by atoms with Gasteiger partial charge in [-0.3, -0.25) is 4.79 Å². The molecule has 1 fully saturated rings. The zero-order chi connectivity index (χ0) is 14.7. The summed E-state index contributed by atoms with van der Waals surface area (Å²) >= 11 is 11.9. The van der Waals surface area contributed by atoms with E-state index in [0.29, 0.717) is 5.02 Å². The van der Waals surface area contributed by atoms with E-state index in [2.05, 4.69) is 16.8 Å². The molecule has 1 aromatic rings. The molecule has 0 saturated carbocycles. The second kappa shape index (κ2) is 6.74. The second-order valence-electron chi connectivity index (χ2n) is 5.05. The average Bonchev–Trinajstić information content (AvgIpc) is 2.48. The molecular formula is C14H19Cl2N3O. The van der Waals surface area contributed by atoms with Gasteiger partial charge in [-0.15, -0.1) is 0 Å². The Morgan fingerprint density at radius 1 is 1.40 bits per heavy atom. The molecule has 1 aliphatic heterocycles. The van der Waals surface area contributed by atoms with Crippen molar-refractivity contribution < 1.29 is 4.79 Å². The molecule has 1 aliphatic rings. The Morgan fingerprint density at radius 3 is 2.65 bits per heavy atom. The summed E-state index contributed by atoms with van der Waals surface area (Å²) < 4.78 is 0. The Hall–Kier alpha value is -0.840. The minimum atomic E-state index is -0.160. The highest BCUT2D eigenvalue weighted by Crippen LogP contribution is 2.21. The molecule has 1 aromatic heterocycles. The SMILES string of the molecule is CCN1CCC(N(C)C(=O)c2nc(Cl)ccc2Cl)CC1. The third kappa shape index (κ3) is 3.43. The van der Waals surface area contributed by atoms with Gasteiger partial charge in [0, 0.05) is 26.2 Å². The highest BCUT2D eigenvalue weighted by Gasteiger charge is 2.27. The average molecular weight is 316 g/mol. The molecule has 0 N–H and O–H groups in total. The smallest absolute Gasteiger partial charge is 0.274 e. The molecule has 1 saturated heterocycles. The zero-order valence-corrected chi connectivity index (χ0v) is 13.3. The molecule has 1 amide bonds. The lowest BCUT2D eigenvalue weighted by Crippen LogP contribution is -2.45. The minimum Gasteiger partial charge on any atom is -0.337 e. The van der Waals surface area contributed by atoms with Gasteiger partial charge in [0.1, 0.15) is 10.8 Å². The normalized spacial score (nSPS) is 17.2. The molecule has 0 unspecified atom stereocenters. The number of carbonyl (C=O) groups is 1. The molecule has 2 rings (SSSR count). The first-order valence-electron chi connectivity index (χ1n) is 6.84. The maximum absolute atomic E-state index is 12.5. The van der Waals surface area contributed by atoms with E-state index in [1.807, 2.05) is 7.05 Å². The summed E-state index contributed by atoms with van der Waals surface area (Å²) in [4.78, 5) is 20.7. The molecule has 110 valence electrons. The van der Waals surface area contributed by atoms with Crippen LogP contribution >= 0.6 is 23.2 Å². The van der Waals surface area contributed by atoms with Crippen LogP contribution in [0.2, 0.25) is 10.2 Å². The number of amides is 1. The van der Waals surface area contributed by atoms with E-state index >= 15 is 0 Å². The Balaban J connectivity index is 2.07. The van der Waals surface area contributed by atoms with Crippen molar-refractivity contribution in [2.24, 2.45) is 0 Å². The maximum Gasteiger partial charge on any atom is 0.274 e. The van der Waals surface area contributed by atoms with Crippen LogP contribution in [0.5, 0.6) is 0 Å². The maximum atomic E-state index is 12.5. The van der Waals surface area contributed by atoms with Gasteiger partial charge >= 0.3 is 0 Å². The third-order valence-electron chi connectivity index (χ3n) is 3.89. The lowest BCUT2D eigenvalue weighted by Gasteiger charge is -2.36. The number of pyridine rings is 1. The number of aromatic nitrogens is 1. The predicted octanol–water partition coefficient (Wildman–Crippen LogP) is 2.94. The number of hydrogen-bond acceptors (Lipinski definition) is 3. The summed E-state index contributed by atoms with van der Waals surface area (Å²) in [5, 5.41) is 0.629. The standard InChI is InChI=1S/C14H19Cl2N3O/c1-3-19-8-6-10(7-9-19)18(2)14(20)13-11(15)4-5-12(16)17-13/h4-5,10H,3,6-9H2,1-2H3. The molecule has 0 radical (unpaired) electrons. The van der Waals surface area contributed by atoms with Crippen LogP contribution in [0.15, 0.2) is 12.1 Å². The van der Waals surface area contributed by atoms with Gasteiger partial charge in [-0.25, -0.2) is 4.98 Å². The number of piperidine rings is 1. The van der Waals surface area contributed by atoms with Crippen molar-refractivity contribution in [1.29, 1.82) is 0 Å². The lowest BCUT2D eigenvalue weighted by molar-refractivity contribution is 0.0641. The van der Waals surface area contributed by atoms with Crippen molar-refractivity contribution in [1.82, 2.24) is 14.8 Å². The van der Waals surface area contributed by atoms with Crippen LogP contribution in [0, 0.1) is 0 Å². The van der Waals surface area contributed by atoms with Crippen LogP contribution in [0.25, 0.3) is 0 Å². The van der Waals surface area contributed by atoms with Gasteiger partial charge in [0.15, 0.2) is 0 Å². The fraction of sp³-hybridized carbons (Fsp3) is 0.571. The first-order valence-corrected chi connectivity index (χ1v) is 7.60. The highest BCUT2D eigenvalue weighted by molar-refractivity contribution is 6.34. The fourth-order valence-electron chi connectivity index (χ4n) is 2.52. The van der Waals surface area contributed by atoms with Crippen LogP contribution in [-0.2, 0) is 0 Å². The molecule has 0 bridgehead atoms. The summed E-state index contributed by atoms with van der Waals surface area (Å²) in [7, 11) is 1.81. The van der Waals surface area contributed by atoms with Gasteiger partial charge in [-0.2, -0.15) is 0 Å². The first-order chi connectivity index (χ1) is 9.52. The summed E-state index contributed by atoms with van der Waals surface area (Å²) in [6.07, 6.45) is 1.96. The summed E-state index contributed by atoms with van der Waals surface area (Å²) in [5.41, 5.74) is 0.236. The molecular weight excluding hydrogens is 297 g/mol. The van der Waals surface area contributed by atoms with E-state index in [9.17, 15) is 4.79 Å². The number of nitrogens with zero attached hydrogens (tertiary/aromatic N) is 3. The van der Waals surface area contributed by atoms with Crippen LogP contribution in [0.4, 0.5) is 0 Å². The van der Waals surface area contributed by atoms with Crippen molar-refractivity contribution in [2.75, 3.05) is 26.7 Å². The van der Waals surface area contributed by atoms with Crippen molar-refractivity contribution >= 4 is 29.1 Å². The Morgan fingerprint density at radius 2 is 2.05 bits per heavy atom. The highest BCUT2D eigenvalue weighted by atomic mass is 35.5. The second-order valence-corrected chi connectivity index (χ2v) is 5.84. The van der Waals surface area contributed by atoms with Gasteiger partial charge in [-0.05, 0) is 31.5 Å². The fourth-order valence-corrected chi connectivity index (χ4v) is 2.86. The van der Waals surface area contributed by atoms with Gasteiger partial charge in [0.25, 0.3) is 5.91 Å². The number of hydrogen-bond donors (Lipinski definition) is 0. The van der Waals surface area contributed by atoms with E-state index in [1.165, 1.54) is 0 Å². The van der Waals surface area contributed by atoms with Gasteiger partial charge in [0.2, 0.25) is 0 Å². The molecule has 4 nitrogen and oxygen atoms in total. The van der Waals surface area contributed by atoms with Crippen molar-refractivity contribution in [3.63, 3.8) is 0 Å². The summed E-state index contributed by atoms with van der Waals surface area (Å²) in [6, 6.07) is 3.43. The van der Waals surface area contributed by atoms with Crippen LogP contribution in [-0.4, -0.2) is 53.4 Å². The molecule has 2 heterocycles. The predicted molar refractivity (Wildman–Crippen MR) is 81.5 cm³/mol. The Labute approximate surface area is 129 Å². The van der Waals surface area contributed by atoms with E-state index in [0.717, 1.165) is 32.5 Å². The lowest BCUT2D eigenvalue weighted by atomic mass is 10.0. The van der Waals surface area contributed by atoms with Crippen LogP contribution < -0.4 is 0 Å². The number of rotatable bonds is 3.